The van der Waals surface area contributed by atoms with Crippen molar-refractivity contribution >= 4 is 0 Å². The highest BCUT2D eigenvalue weighted by molar-refractivity contribution is 4.66. The van der Waals surface area contributed by atoms with E-state index in [-0.39, 0.29) is 6.10 Å². The smallest absolute Gasteiger partial charge is 0.0515 e. The van der Waals surface area contributed by atoms with E-state index in [4.69, 9.17) is 5.11 Å². The molecule has 0 heterocycles. The molecule has 1 N–H and O–H groups in total. The summed E-state index contributed by atoms with van der Waals surface area (Å²) in [6, 6.07) is 0. The Morgan fingerprint density at radius 1 is 1.86 bits per heavy atom. The summed E-state index contributed by atoms with van der Waals surface area (Å²) in [6.07, 6.45) is 3.39. The summed E-state index contributed by atoms with van der Waals surface area (Å²) in [4.78, 5) is 0. The molecule has 0 rings (SSSR count). The molecule has 0 aliphatic heterocycles. The van der Waals surface area contributed by atoms with E-state index in [0.29, 0.717) is 0 Å². The molecule has 1 atom stereocenters. The van der Waals surface area contributed by atoms with Crippen LogP contribution in [0.25, 0.3) is 0 Å². The zero-order valence-corrected chi connectivity index (χ0v) is 4.72. The highest BCUT2D eigenvalue weighted by atomic mass is 16.3. The zero-order chi connectivity index (χ0) is 5.70. The van der Waals surface area contributed by atoms with Crippen LogP contribution in [-0.2, 0) is 0 Å². The summed E-state index contributed by atoms with van der Waals surface area (Å²) in [5, 5.41) is 8.64. The van der Waals surface area contributed by atoms with Crippen LogP contribution in [0.3, 0.4) is 0 Å². The van der Waals surface area contributed by atoms with Gasteiger partial charge in [-0.2, -0.15) is 0 Å². The van der Waals surface area contributed by atoms with Crippen molar-refractivity contribution in [3.63, 3.8) is 0 Å². The molecule has 0 bridgehead atoms. The Morgan fingerprint density at radius 3 is 2.57 bits per heavy atom. The fourth-order valence-electron chi connectivity index (χ4n) is 0.359. The molecule has 0 aromatic rings. The molecule has 1 unspecified atom stereocenters. The average molecular weight is 100 g/mol. The van der Waals surface area contributed by atoms with Crippen molar-refractivity contribution in [3.8, 4) is 0 Å². The van der Waals surface area contributed by atoms with Crippen molar-refractivity contribution in [2.24, 2.45) is 0 Å². The molecule has 0 aromatic heterocycles. The molecule has 0 aromatic carbocycles. The maximum Gasteiger partial charge on any atom is 0.0515 e. The first kappa shape index (κ1) is 6.70. The topological polar surface area (TPSA) is 20.2 Å². The lowest BCUT2D eigenvalue weighted by Gasteiger charge is -1.96. The molecule has 0 aliphatic carbocycles. The minimum atomic E-state index is -0.169. The molecule has 0 amide bonds. The largest absolute Gasteiger partial charge is 0.393 e. The average Bonchev–Trinajstić information content (AvgIpc) is 1.61. The molecule has 0 saturated heterocycles. The van der Waals surface area contributed by atoms with Gasteiger partial charge in [0.05, 0.1) is 6.10 Å². The summed E-state index contributed by atoms with van der Waals surface area (Å²) in [7, 11) is 0. The maximum absolute atomic E-state index is 8.64. The maximum atomic E-state index is 8.64. The van der Waals surface area contributed by atoms with Crippen LogP contribution >= 0.6 is 0 Å². The summed E-state index contributed by atoms with van der Waals surface area (Å²) in [6.45, 7) is 5.30. The van der Waals surface area contributed by atoms with Crippen LogP contribution < -0.4 is 0 Å². The SMILES string of the molecule is C=CCCC(C)O. The Hall–Kier alpha value is -0.300. The Labute approximate surface area is 44.7 Å². The van der Waals surface area contributed by atoms with Crippen molar-refractivity contribution in [1.82, 2.24) is 0 Å². The molecule has 1 heteroatoms. The van der Waals surface area contributed by atoms with Gasteiger partial charge in [0.1, 0.15) is 0 Å². The van der Waals surface area contributed by atoms with Crippen molar-refractivity contribution in [2.45, 2.75) is 25.9 Å². The number of hydrogen-bond acceptors (Lipinski definition) is 1. The van der Waals surface area contributed by atoms with Gasteiger partial charge in [0.2, 0.25) is 0 Å². The van der Waals surface area contributed by atoms with E-state index in [1.165, 1.54) is 0 Å². The standard InChI is InChI=1S/C6H12O/c1-3-4-5-6(2)7/h3,6-7H,1,4-5H2,2H3. The molecule has 42 valence electrons. The predicted octanol–water partition coefficient (Wildman–Crippen LogP) is 1.33. The second-order valence-electron chi connectivity index (χ2n) is 1.72. The molecule has 0 fully saturated rings. The first-order valence-electron chi connectivity index (χ1n) is 2.56. The number of rotatable bonds is 3. The minimum Gasteiger partial charge on any atom is -0.393 e. The lowest BCUT2D eigenvalue weighted by molar-refractivity contribution is 0.186. The van der Waals surface area contributed by atoms with Crippen LogP contribution in [0.2, 0.25) is 0 Å². The lowest BCUT2D eigenvalue weighted by atomic mass is 10.2. The molecule has 1 nitrogen and oxygen atoms in total. The van der Waals surface area contributed by atoms with Crippen LogP contribution in [-0.4, -0.2) is 11.2 Å². The third-order valence-electron chi connectivity index (χ3n) is 0.789. The molecule has 0 aliphatic rings. The Bertz CT molecular complexity index is 48.1. The van der Waals surface area contributed by atoms with Crippen LogP contribution in [0, 0.1) is 0 Å². The monoisotopic (exact) mass is 100 g/mol. The Kier molecular flexibility index (Phi) is 3.71. The third-order valence-corrected chi connectivity index (χ3v) is 0.789. The molecule has 0 saturated carbocycles. The fourth-order valence-corrected chi connectivity index (χ4v) is 0.359. The van der Waals surface area contributed by atoms with Gasteiger partial charge in [0, 0.05) is 0 Å². The van der Waals surface area contributed by atoms with Gasteiger partial charge in [0.15, 0.2) is 0 Å². The Morgan fingerprint density at radius 2 is 2.43 bits per heavy atom. The summed E-state index contributed by atoms with van der Waals surface area (Å²) in [5.74, 6) is 0. The quantitative estimate of drug-likeness (QED) is 0.530. The van der Waals surface area contributed by atoms with Crippen LogP contribution in [0.4, 0.5) is 0 Å². The highest BCUT2D eigenvalue weighted by Crippen LogP contribution is 1.93. The van der Waals surface area contributed by atoms with E-state index < -0.39 is 0 Å². The number of allylic oxidation sites excluding steroid dienone is 1. The second-order valence-corrected chi connectivity index (χ2v) is 1.72. The van der Waals surface area contributed by atoms with E-state index in [2.05, 4.69) is 6.58 Å². The van der Waals surface area contributed by atoms with Crippen molar-refractivity contribution in [3.05, 3.63) is 12.7 Å². The van der Waals surface area contributed by atoms with E-state index in [1.54, 1.807) is 6.92 Å². The number of hydrogen-bond donors (Lipinski definition) is 1. The van der Waals surface area contributed by atoms with Crippen LogP contribution in [0.5, 0.6) is 0 Å². The van der Waals surface area contributed by atoms with Crippen molar-refractivity contribution < 1.29 is 5.11 Å². The van der Waals surface area contributed by atoms with Crippen molar-refractivity contribution in [2.75, 3.05) is 0 Å². The molecular formula is C6H12O. The molecule has 0 radical (unpaired) electrons. The second kappa shape index (κ2) is 3.88. The molecule has 0 spiro atoms. The van der Waals surface area contributed by atoms with E-state index in [0.717, 1.165) is 12.8 Å². The Balaban J connectivity index is 2.81. The third kappa shape index (κ3) is 5.70. The van der Waals surface area contributed by atoms with Gasteiger partial charge in [-0.1, -0.05) is 6.08 Å². The first-order chi connectivity index (χ1) is 3.27. The van der Waals surface area contributed by atoms with E-state index >= 15 is 0 Å². The molecular weight excluding hydrogens is 88.1 g/mol. The summed E-state index contributed by atoms with van der Waals surface area (Å²) < 4.78 is 0. The van der Waals surface area contributed by atoms with Gasteiger partial charge in [-0.05, 0) is 19.8 Å². The van der Waals surface area contributed by atoms with Gasteiger partial charge in [0.25, 0.3) is 0 Å². The summed E-state index contributed by atoms with van der Waals surface area (Å²) in [5.41, 5.74) is 0. The first-order valence-corrected chi connectivity index (χ1v) is 2.56. The number of aliphatic hydroxyl groups excluding tert-OH is 1. The van der Waals surface area contributed by atoms with Crippen LogP contribution in [0.1, 0.15) is 19.8 Å². The van der Waals surface area contributed by atoms with Gasteiger partial charge in [-0.25, -0.2) is 0 Å². The minimum absolute atomic E-state index is 0.169. The lowest BCUT2D eigenvalue weighted by Crippen LogP contribution is -1.96. The zero-order valence-electron chi connectivity index (χ0n) is 4.72. The fraction of sp³-hybridized carbons (Fsp3) is 0.667. The van der Waals surface area contributed by atoms with Gasteiger partial charge >= 0.3 is 0 Å². The van der Waals surface area contributed by atoms with Crippen LogP contribution in [0.15, 0.2) is 12.7 Å². The van der Waals surface area contributed by atoms with E-state index in [9.17, 15) is 0 Å². The van der Waals surface area contributed by atoms with Gasteiger partial charge in [-0.3, -0.25) is 0 Å². The summed E-state index contributed by atoms with van der Waals surface area (Å²) >= 11 is 0. The number of aliphatic hydroxyl groups is 1. The van der Waals surface area contributed by atoms with Gasteiger partial charge in [-0.15, -0.1) is 6.58 Å². The highest BCUT2D eigenvalue weighted by Gasteiger charge is 1.88. The van der Waals surface area contributed by atoms with Gasteiger partial charge < -0.3 is 5.11 Å². The van der Waals surface area contributed by atoms with E-state index in [1.807, 2.05) is 6.08 Å². The molecule has 7 heavy (non-hydrogen) atoms. The normalized spacial score (nSPS) is 13.4. The van der Waals surface area contributed by atoms with Crippen molar-refractivity contribution in [1.29, 1.82) is 0 Å². The predicted molar refractivity (Wildman–Crippen MR) is 31.1 cm³/mol.